The number of fused-ring (bicyclic) bond motifs is 1. The number of aromatic nitrogens is 1. The number of amides is 1. The fourth-order valence-corrected chi connectivity index (χ4v) is 4.26. The number of para-hydroxylation sites is 1. The topological polar surface area (TPSA) is 69.2 Å². The molecule has 2 fully saturated rings. The quantitative estimate of drug-likeness (QED) is 0.494. The molecule has 2 unspecified atom stereocenters. The molecule has 30 heavy (non-hydrogen) atoms. The van der Waals surface area contributed by atoms with Crippen LogP contribution in [0.25, 0.3) is 11.1 Å². The molecule has 2 aliphatic heterocycles. The summed E-state index contributed by atoms with van der Waals surface area (Å²) in [6.07, 6.45) is 5.66. The van der Waals surface area contributed by atoms with Crippen LogP contribution in [-0.4, -0.2) is 45.4 Å². The molecule has 0 bridgehead atoms. The number of carbonyl (C=O) groups excluding carboxylic acids is 1. The van der Waals surface area contributed by atoms with Crippen molar-refractivity contribution < 1.29 is 9.53 Å². The van der Waals surface area contributed by atoms with Crippen LogP contribution in [0.1, 0.15) is 17.3 Å². The van der Waals surface area contributed by atoms with Gasteiger partial charge in [0.05, 0.1) is 24.7 Å². The van der Waals surface area contributed by atoms with Gasteiger partial charge in [0.15, 0.2) is 6.19 Å². The van der Waals surface area contributed by atoms with Crippen LogP contribution < -0.4 is 4.74 Å². The lowest BCUT2D eigenvalue weighted by Gasteiger charge is -2.21. The summed E-state index contributed by atoms with van der Waals surface area (Å²) in [6.45, 7) is 2.63. The first-order chi connectivity index (χ1) is 14.7. The zero-order valence-electron chi connectivity index (χ0n) is 16.5. The minimum Gasteiger partial charge on any atom is -0.457 e. The first-order valence-corrected chi connectivity index (χ1v) is 9.94. The van der Waals surface area contributed by atoms with E-state index in [1.807, 2.05) is 72.5 Å². The highest BCUT2D eigenvalue weighted by Crippen LogP contribution is 2.41. The third-order valence-electron chi connectivity index (χ3n) is 5.91. The molecule has 6 nitrogen and oxygen atoms in total. The zero-order valence-corrected chi connectivity index (χ0v) is 16.5. The first kappa shape index (κ1) is 18.2. The first-order valence-electron chi connectivity index (χ1n) is 9.94. The average Bonchev–Trinajstić information content (AvgIpc) is 3.42. The van der Waals surface area contributed by atoms with Crippen molar-refractivity contribution in [3.8, 4) is 28.8 Å². The molecule has 0 saturated carbocycles. The van der Waals surface area contributed by atoms with Gasteiger partial charge in [0.25, 0.3) is 5.91 Å². The highest BCUT2D eigenvalue weighted by Gasteiger charge is 2.60. The SMILES string of the molecule is CC1[C@H]2C(CN1C#N)N2C(=O)c1ccc(-c2cnccc2Oc2ccccc2)cc1. The Kier molecular flexibility index (Phi) is 4.36. The highest BCUT2D eigenvalue weighted by atomic mass is 16.5. The van der Waals surface area contributed by atoms with E-state index >= 15 is 0 Å². The third-order valence-corrected chi connectivity index (χ3v) is 5.91. The Hall–Kier alpha value is -3.85. The maximum Gasteiger partial charge on any atom is 0.254 e. The van der Waals surface area contributed by atoms with Crippen molar-refractivity contribution in [2.24, 2.45) is 0 Å². The molecular weight excluding hydrogens is 376 g/mol. The van der Waals surface area contributed by atoms with Gasteiger partial charge in [-0.3, -0.25) is 9.78 Å². The largest absolute Gasteiger partial charge is 0.457 e. The van der Waals surface area contributed by atoms with E-state index in [0.29, 0.717) is 17.9 Å². The van der Waals surface area contributed by atoms with Crippen molar-refractivity contribution in [1.82, 2.24) is 14.8 Å². The summed E-state index contributed by atoms with van der Waals surface area (Å²) in [5, 5.41) is 9.13. The van der Waals surface area contributed by atoms with Crippen LogP contribution in [0.15, 0.2) is 73.1 Å². The molecule has 1 amide bonds. The van der Waals surface area contributed by atoms with Gasteiger partial charge in [0, 0.05) is 23.5 Å². The zero-order chi connectivity index (χ0) is 20.7. The van der Waals surface area contributed by atoms with Gasteiger partial charge in [-0.05, 0) is 42.8 Å². The lowest BCUT2D eigenvalue weighted by molar-refractivity contribution is 0.0832. The molecule has 2 aromatic carbocycles. The number of rotatable bonds is 4. The highest BCUT2D eigenvalue weighted by molar-refractivity contribution is 5.97. The second-order valence-corrected chi connectivity index (χ2v) is 7.63. The summed E-state index contributed by atoms with van der Waals surface area (Å²) in [7, 11) is 0. The van der Waals surface area contributed by atoms with E-state index in [1.54, 1.807) is 17.3 Å². The predicted molar refractivity (Wildman–Crippen MR) is 112 cm³/mol. The van der Waals surface area contributed by atoms with Gasteiger partial charge >= 0.3 is 0 Å². The van der Waals surface area contributed by atoms with Gasteiger partial charge in [-0.25, -0.2) is 0 Å². The Balaban J connectivity index is 1.34. The molecule has 3 heterocycles. The second kappa shape index (κ2) is 7.20. The molecular formula is C24H20N4O2. The molecule has 1 aromatic heterocycles. The maximum atomic E-state index is 12.9. The van der Waals surface area contributed by atoms with E-state index in [2.05, 4.69) is 11.2 Å². The Morgan fingerprint density at radius 3 is 2.57 bits per heavy atom. The minimum absolute atomic E-state index is 0.0212. The van der Waals surface area contributed by atoms with E-state index in [-0.39, 0.29) is 24.0 Å². The summed E-state index contributed by atoms with van der Waals surface area (Å²) in [5.41, 5.74) is 2.45. The van der Waals surface area contributed by atoms with Crippen LogP contribution in [0.5, 0.6) is 11.5 Å². The van der Waals surface area contributed by atoms with Gasteiger partial charge in [0.2, 0.25) is 0 Å². The Morgan fingerprint density at radius 2 is 1.90 bits per heavy atom. The molecule has 0 aliphatic carbocycles. The van der Waals surface area contributed by atoms with E-state index in [1.165, 1.54) is 0 Å². The Labute approximate surface area is 174 Å². The maximum absolute atomic E-state index is 12.9. The summed E-state index contributed by atoms with van der Waals surface area (Å²) >= 11 is 0. The number of nitriles is 1. The van der Waals surface area contributed by atoms with Crippen molar-refractivity contribution in [3.63, 3.8) is 0 Å². The average molecular weight is 396 g/mol. The molecule has 3 atom stereocenters. The van der Waals surface area contributed by atoms with Crippen molar-refractivity contribution >= 4 is 5.91 Å². The normalized spacial score (nSPS) is 21.7. The molecule has 3 aromatic rings. The Morgan fingerprint density at radius 1 is 1.13 bits per heavy atom. The van der Waals surface area contributed by atoms with Crippen molar-refractivity contribution in [3.05, 3.63) is 78.6 Å². The van der Waals surface area contributed by atoms with Crippen LogP contribution in [0.2, 0.25) is 0 Å². The molecule has 6 heteroatoms. The number of benzene rings is 2. The number of carbonyl (C=O) groups is 1. The number of nitrogens with zero attached hydrogens (tertiary/aromatic N) is 4. The Bertz CT molecular complexity index is 1120. The van der Waals surface area contributed by atoms with Gasteiger partial charge in [-0.15, -0.1) is 0 Å². The number of ether oxygens (including phenoxy) is 1. The fraction of sp³-hybridized carbons (Fsp3) is 0.208. The van der Waals surface area contributed by atoms with Crippen LogP contribution in [0.4, 0.5) is 0 Å². The van der Waals surface area contributed by atoms with Crippen molar-refractivity contribution in [2.75, 3.05) is 6.54 Å². The minimum atomic E-state index is 0.0212. The monoisotopic (exact) mass is 396 g/mol. The van der Waals surface area contributed by atoms with Gasteiger partial charge in [-0.1, -0.05) is 30.3 Å². The van der Waals surface area contributed by atoms with Gasteiger partial charge < -0.3 is 14.5 Å². The summed E-state index contributed by atoms with van der Waals surface area (Å²) < 4.78 is 6.03. The number of hydrogen-bond acceptors (Lipinski definition) is 5. The third kappa shape index (κ3) is 3.05. The van der Waals surface area contributed by atoms with E-state index < -0.39 is 0 Å². The fourth-order valence-electron chi connectivity index (χ4n) is 4.26. The lowest BCUT2D eigenvalue weighted by atomic mass is 10.0. The number of piperazine rings is 1. The smallest absolute Gasteiger partial charge is 0.254 e. The van der Waals surface area contributed by atoms with Crippen molar-refractivity contribution in [1.29, 1.82) is 5.26 Å². The number of pyridine rings is 1. The molecule has 5 rings (SSSR count). The van der Waals surface area contributed by atoms with Crippen LogP contribution in [-0.2, 0) is 0 Å². The summed E-state index contributed by atoms with van der Waals surface area (Å²) in [4.78, 5) is 20.8. The van der Waals surface area contributed by atoms with Crippen LogP contribution in [0, 0.1) is 11.5 Å². The summed E-state index contributed by atoms with van der Waals surface area (Å²) in [6, 6.07) is 19.3. The molecule has 2 aliphatic rings. The van der Waals surface area contributed by atoms with E-state index in [0.717, 1.165) is 16.9 Å². The molecule has 2 saturated heterocycles. The summed E-state index contributed by atoms with van der Waals surface area (Å²) in [5.74, 6) is 1.49. The standard InChI is InChI=1S/C24H20N4O2/c1-16-23-21(14-27(16)15-25)28(23)24(29)18-9-7-17(8-10-18)20-13-26-12-11-22(20)30-19-5-3-2-4-6-19/h2-13,16,21,23H,14H2,1H3/t16?,21?,23-,28?/m0/s1. The molecule has 148 valence electrons. The van der Waals surface area contributed by atoms with E-state index in [4.69, 9.17) is 10.00 Å². The predicted octanol–water partition coefficient (Wildman–Crippen LogP) is 3.92. The van der Waals surface area contributed by atoms with Crippen LogP contribution >= 0.6 is 0 Å². The van der Waals surface area contributed by atoms with Crippen LogP contribution in [0.3, 0.4) is 0 Å². The van der Waals surface area contributed by atoms with E-state index in [9.17, 15) is 4.79 Å². The molecule has 0 N–H and O–H groups in total. The molecule has 0 spiro atoms. The lowest BCUT2D eigenvalue weighted by Crippen LogP contribution is -2.35. The number of hydrogen-bond donors (Lipinski definition) is 0. The molecule has 0 radical (unpaired) electrons. The van der Waals surface area contributed by atoms with Gasteiger partial charge in [0.1, 0.15) is 11.5 Å². The van der Waals surface area contributed by atoms with Crippen molar-refractivity contribution in [2.45, 2.75) is 25.0 Å². The number of likely N-dealkylation sites (tertiary alicyclic amines) is 1. The second-order valence-electron chi connectivity index (χ2n) is 7.63. The van der Waals surface area contributed by atoms with Gasteiger partial charge in [-0.2, -0.15) is 5.26 Å².